The van der Waals surface area contributed by atoms with Crippen LogP contribution in [0.3, 0.4) is 0 Å². The summed E-state index contributed by atoms with van der Waals surface area (Å²) in [5.74, 6) is -0.204. The Hall–Kier alpha value is -3.55. The van der Waals surface area contributed by atoms with Crippen molar-refractivity contribution in [3.63, 3.8) is 0 Å². The van der Waals surface area contributed by atoms with E-state index in [1.54, 1.807) is 23.5 Å². The zero-order valence-corrected chi connectivity index (χ0v) is 18.8. The third-order valence-electron chi connectivity index (χ3n) is 5.78. The zero-order chi connectivity index (χ0) is 22.7. The van der Waals surface area contributed by atoms with Gasteiger partial charge in [0.25, 0.3) is 11.5 Å². The number of amides is 1. The maximum Gasteiger partial charge on any atom is 0.264 e. The van der Waals surface area contributed by atoms with Crippen molar-refractivity contribution in [2.24, 2.45) is 0 Å². The first-order valence-corrected chi connectivity index (χ1v) is 10.9. The fourth-order valence-electron chi connectivity index (χ4n) is 3.99. The molecule has 32 heavy (non-hydrogen) atoms. The molecule has 1 saturated heterocycles. The van der Waals surface area contributed by atoms with E-state index in [1.165, 1.54) is 4.57 Å². The van der Waals surface area contributed by atoms with Crippen molar-refractivity contribution in [1.29, 1.82) is 0 Å². The Balaban J connectivity index is 1.53. The lowest BCUT2D eigenvalue weighted by Crippen LogP contribution is -2.39. The second kappa shape index (κ2) is 9.30. The predicted octanol–water partition coefficient (Wildman–Crippen LogP) is 2.36. The van der Waals surface area contributed by atoms with Gasteiger partial charge in [-0.25, -0.2) is 0 Å². The van der Waals surface area contributed by atoms with Crippen molar-refractivity contribution in [1.82, 2.24) is 24.4 Å². The van der Waals surface area contributed by atoms with Crippen molar-refractivity contribution >= 4 is 11.6 Å². The summed E-state index contributed by atoms with van der Waals surface area (Å²) >= 11 is 0. The van der Waals surface area contributed by atoms with Crippen LogP contribution in [0.5, 0.6) is 0 Å². The average molecular weight is 433 g/mol. The summed E-state index contributed by atoms with van der Waals surface area (Å²) in [6.07, 6.45) is 7.70. The molecule has 166 valence electrons. The SMILES string of the molecule is Cc1cnc(Cn2ccc(C)c(C(=O)N3CCCN(c4ccnc(C)c4)CC3)c2=O)cn1. The lowest BCUT2D eigenvalue weighted by Gasteiger charge is -2.24. The summed E-state index contributed by atoms with van der Waals surface area (Å²) in [5, 5.41) is 0. The zero-order valence-electron chi connectivity index (χ0n) is 18.8. The van der Waals surface area contributed by atoms with E-state index in [4.69, 9.17) is 0 Å². The normalized spacial score (nSPS) is 14.3. The van der Waals surface area contributed by atoms with Gasteiger partial charge >= 0.3 is 0 Å². The molecule has 0 bridgehead atoms. The van der Waals surface area contributed by atoms with Gasteiger partial charge in [0.15, 0.2) is 0 Å². The smallest absolute Gasteiger partial charge is 0.264 e. The molecule has 1 amide bonds. The molecule has 0 saturated carbocycles. The Morgan fingerprint density at radius 1 is 0.969 bits per heavy atom. The summed E-state index contributed by atoms with van der Waals surface area (Å²) in [6.45, 7) is 8.70. The Kier molecular flexibility index (Phi) is 6.30. The molecule has 0 aromatic carbocycles. The molecule has 0 spiro atoms. The maximum atomic E-state index is 13.4. The number of aryl methyl sites for hydroxylation is 3. The first kappa shape index (κ1) is 21.7. The minimum absolute atomic E-state index is 0.204. The van der Waals surface area contributed by atoms with Crippen LogP contribution in [0.2, 0.25) is 0 Å². The van der Waals surface area contributed by atoms with Gasteiger partial charge in [0.05, 0.1) is 24.1 Å². The molecule has 8 heteroatoms. The van der Waals surface area contributed by atoms with Crippen LogP contribution in [-0.2, 0) is 6.54 Å². The number of hydrogen-bond acceptors (Lipinski definition) is 6. The number of aromatic nitrogens is 4. The van der Waals surface area contributed by atoms with Gasteiger partial charge in [-0.1, -0.05) is 0 Å². The molecular formula is C24H28N6O2. The van der Waals surface area contributed by atoms with Crippen molar-refractivity contribution in [3.8, 4) is 0 Å². The van der Waals surface area contributed by atoms with Crippen molar-refractivity contribution in [2.75, 3.05) is 31.1 Å². The van der Waals surface area contributed by atoms with Crippen LogP contribution in [0.25, 0.3) is 0 Å². The lowest BCUT2D eigenvalue weighted by atomic mass is 10.1. The van der Waals surface area contributed by atoms with Crippen LogP contribution < -0.4 is 10.5 Å². The van der Waals surface area contributed by atoms with E-state index in [2.05, 4.69) is 25.9 Å². The van der Waals surface area contributed by atoms with Gasteiger partial charge in [-0.3, -0.25) is 24.5 Å². The number of hydrogen-bond donors (Lipinski definition) is 0. The van der Waals surface area contributed by atoms with Crippen molar-refractivity contribution in [2.45, 2.75) is 33.7 Å². The number of carbonyl (C=O) groups is 1. The first-order chi connectivity index (χ1) is 15.4. The summed E-state index contributed by atoms with van der Waals surface area (Å²) in [4.78, 5) is 43.5. The molecule has 8 nitrogen and oxygen atoms in total. The first-order valence-electron chi connectivity index (χ1n) is 10.9. The average Bonchev–Trinajstić information content (AvgIpc) is 3.04. The van der Waals surface area contributed by atoms with E-state index in [-0.39, 0.29) is 23.6 Å². The summed E-state index contributed by atoms with van der Waals surface area (Å²) < 4.78 is 1.53. The molecule has 1 fully saturated rings. The number of pyridine rings is 2. The molecule has 0 aliphatic carbocycles. The summed E-state index contributed by atoms with van der Waals surface area (Å²) in [7, 11) is 0. The van der Waals surface area contributed by atoms with Crippen LogP contribution in [0.1, 0.15) is 39.4 Å². The Morgan fingerprint density at radius 2 is 1.81 bits per heavy atom. The van der Waals surface area contributed by atoms with Gasteiger partial charge < -0.3 is 14.4 Å². The number of anilines is 1. The number of carbonyl (C=O) groups excluding carboxylic acids is 1. The molecule has 0 atom stereocenters. The molecule has 0 unspecified atom stereocenters. The quantitative estimate of drug-likeness (QED) is 0.629. The molecule has 0 N–H and O–H groups in total. The van der Waals surface area contributed by atoms with E-state index in [0.29, 0.717) is 30.9 Å². The van der Waals surface area contributed by atoms with Crippen molar-refractivity contribution in [3.05, 3.63) is 81.5 Å². The molecule has 4 rings (SSSR count). The molecule has 1 aliphatic rings. The van der Waals surface area contributed by atoms with Crippen LogP contribution >= 0.6 is 0 Å². The highest BCUT2D eigenvalue weighted by Crippen LogP contribution is 2.18. The van der Waals surface area contributed by atoms with Crippen molar-refractivity contribution < 1.29 is 4.79 Å². The van der Waals surface area contributed by atoms with Gasteiger partial charge in [0, 0.05) is 56.2 Å². The van der Waals surface area contributed by atoms with Crippen LogP contribution in [-0.4, -0.2) is 56.5 Å². The Bertz CT molecular complexity index is 1170. The topological polar surface area (TPSA) is 84.2 Å². The van der Waals surface area contributed by atoms with Gasteiger partial charge in [-0.15, -0.1) is 0 Å². The minimum Gasteiger partial charge on any atom is -0.370 e. The van der Waals surface area contributed by atoms with Crippen LogP contribution in [0, 0.1) is 20.8 Å². The molecular weight excluding hydrogens is 404 g/mol. The Labute approximate surface area is 187 Å². The summed E-state index contributed by atoms with van der Waals surface area (Å²) in [5.41, 5.74) is 4.22. The van der Waals surface area contributed by atoms with E-state index in [0.717, 1.165) is 30.0 Å². The molecule has 3 aromatic rings. The molecule has 0 radical (unpaired) electrons. The fourth-order valence-corrected chi connectivity index (χ4v) is 3.99. The largest absolute Gasteiger partial charge is 0.370 e. The van der Waals surface area contributed by atoms with Gasteiger partial charge in [-0.2, -0.15) is 0 Å². The fraction of sp³-hybridized carbons (Fsp3) is 0.375. The molecule has 3 aromatic heterocycles. The summed E-state index contributed by atoms with van der Waals surface area (Å²) in [6, 6.07) is 5.88. The monoisotopic (exact) mass is 432 g/mol. The highest BCUT2D eigenvalue weighted by Gasteiger charge is 2.25. The third-order valence-corrected chi connectivity index (χ3v) is 5.78. The van der Waals surface area contributed by atoms with Crippen LogP contribution in [0.15, 0.2) is 47.8 Å². The van der Waals surface area contributed by atoms with Crippen LogP contribution in [0.4, 0.5) is 5.69 Å². The standard InChI is InChI=1S/C24H28N6O2/c1-17-6-10-30(16-20-15-26-19(3)14-27-20)24(32)22(17)23(31)29-9-4-8-28(11-12-29)21-5-7-25-18(2)13-21/h5-7,10,13-15H,4,8-9,11-12,16H2,1-3H3. The molecule has 4 heterocycles. The minimum atomic E-state index is -0.289. The number of rotatable bonds is 4. The van der Waals surface area contributed by atoms with E-state index in [1.807, 2.05) is 39.1 Å². The van der Waals surface area contributed by atoms with Gasteiger partial charge in [0.1, 0.15) is 5.56 Å². The molecule has 1 aliphatic heterocycles. The van der Waals surface area contributed by atoms with E-state index < -0.39 is 0 Å². The van der Waals surface area contributed by atoms with Gasteiger partial charge in [-0.05, 0) is 51.0 Å². The highest BCUT2D eigenvalue weighted by atomic mass is 16.2. The van der Waals surface area contributed by atoms with E-state index >= 15 is 0 Å². The third kappa shape index (κ3) is 4.69. The van der Waals surface area contributed by atoms with E-state index in [9.17, 15) is 9.59 Å². The second-order valence-corrected chi connectivity index (χ2v) is 8.24. The Morgan fingerprint density at radius 3 is 2.56 bits per heavy atom. The second-order valence-electron chi connectivity index (χ2n) is 8.24. The number of nitrogens with zero attached hydrogens (tertiary/aromatic N) is 6. The highest BCUT2D eigenvalue weighted by molar-refractivity contribution is 5.95. The maximum absolute atomic E-state index is 13.4. The lowest BCUT2D eigenvalue weighted by molar-refractivity contribution is 0.0763. The predicted molar refractivity (Wildman–Crippen MR) is 123 cm³/mol. The van der Waals surface area contributed by atoms with Gasteiger partial charge in [0.2, 0.25) is 0 Å².